The number of hydrogen-bond donors (Lipinski definition) is 0. The molecule has 0 bridgehead atoms. The number of allylic oxidation sites excluding steroid dienone is 1. The summed E-state index contributed by atoms with van der Waals surface area (Å²) in [6.45, 7) is 0. The Hall–Kier alpha value is -2.68. The maximum atomic E-state index is 12.1. The molecule has 0 aliphatic carbocycles. The lowest BCUT2D eigenvalue weighted by Gasteiger charge is -1.96. The van der Waals surface area contributed by atoms with Gasteiger partial charge in [-0.2, -0.15) is 0 Å². The number of ether oxygens (including phenoxy) is 1. The molecule has 3 heteroatoms. The molecule has 0 atom stereocenters. The van der Waals surface area contributed by atoms with E-state index in [1.165, 1.54) is 25.3 Å². The standard InChI is InChI=1S/C17H14O3/c1-20-17-12-14(8-5-9-16(17)19)15(18)11-10-13-6-3-2-4-7-13/h2-12H,1H3/b11-10+. The summed E-state index contributed by atoms with van der Waals surface area (Å²) >= 11 is 0. The van der Waals surface area contributed by atoms with E-state index >= 15 is 0 Å². The van der Waals surface area contributed by atoms with E-state index in [1.54, 1.807) is 18.2 Å². The van der Waals surface area contributed by atoms with E-state index in [9.17, 15) is 9.59 Å². The molecule has 0 radical (unpaired) electrons. The van der Waals surface area contributed by atoms with Crippen LogP contribution in [0.25, 0.3) is 6.08 Å². The van der Waals surface area contributed by atoms with Crippen LogP contribution in [0, 0.1) is 0 Å². The predicted octanol–water partition coefficient (Wildman–Crippen LogP) is 2.95. The average molecular weight is 266 g/mol. The van der Waals surface area contributed by atoms with Crippen molar-refractivity contribution in [1.29, 1.82) is 0 Å². The van der Waals surface area contributed by atoms with Crippen LogP contribution in [0.5, 0.6) is 5.75 Å². The molecule has 3 nitrogen and oxygen atoms in total. The molecule has 0 amide bonds. The number of benzene rings is 1. The largest absolute Gasteiger partial charge is 0.493 e. The van der Waals surface area contributed by atoms with E-state index in [1.807, 2.05) is 30.3 Å². The van der Waals surface area contributed by atoms with Crippen molar-refractivity contribution in [3.05, 3.63) is 82.0 Å². The monoisotopic (exact) mass is 266 g/mol. The Bertz CT molecular complexity index is 688. The number of carbonyl (C=O) groups is 1. The fourth-order valence-corrected chi connectivity index (χ4v) is 1.73. The van der Waals surface area contributed by atoms with Gasteiger partial charge in [0.25, 0.3) is 0 Å². The Morgan fingerprint density at radius 1 is 1.05 bits per heavy atom. The van der Waals surface area contributed by atoms with Gasteiger partial charge in [0, 0.05) is 5.56 Å². The zero-order valence-corrected chi connectivity index (χ0v) is 11.1. The van der Waals surface area contributed by atoms with Crippen molar-refractivity contribution in [1.82, 2.24) is 0 Å². The number of ketones is 1. The molecule has 0 aromatic heterocycles. The smallest absolute Gasteiger partial charge is 0.220 e. The van der Waals surface area contributed by atoms with Crippen molar-refractivity contribution >= 4 is 11.9 Å². The molecule has 20 heavy (non-hydrogen) atoms. The molecule has 0 spiro atoms. The van der Waals surface area contributed by atoms with Crippen LogP contribution in [-0.4, -0.2) is 12.9 Å². The topological polar surface area (TPSA) is 43.4 Å². The lowest BCUT2D eigenvalue weighted by molar-refractivity contribution is 0.104. The summed E-state index contributed by atoms with van der Waals surface area (Å²) in [4.78, 5) is 23.6. The van der Waals surface area contributed by atoms with E-state index < -0.39 is 0 Å². The van der Waals surface area contributed by atoms with Crippen LogP contribution in [0.3, 0.4) is 0 Å². The average Bonchev–Trinajstić information content (AvgIpc) is 2.67. The third-order valence-electron chi connectivity index (χ3n) is 2.78. The summed E-state index contributed by atoms with van der Waals surface area (Å²) in [5.41, 5.74) is 1.10. The fraction of sp³-hybridized carbons (Fsp3) is 0.0588. The van der Waals surface area contributed by atoms with Crippen LogP contribution < -0.4 is 10.2 Å². The third-order valence-corrected chi connectivity index (χ3v) is 2.78. The number of hydrogen-bond acceptors (Lipinski definition) is 3. The SMILES string of the molecule is COc1cc(C(=O)/C=C/c2ccccc2)cccc1=O. The second kappa shape index (κ2) is 6.48. The predicted molar refractivity (Wildman–Crippen MR) is 79.1 cm³/mol. The molecule has 0 N–H and O–H groups in total. The van der Waals surface area contributed by atoms with Crippen LogP contribution in [0.4, 0.5) is 0 Å². The summed E-state index contributed by atoms with van der Waals surface area (Å²) in [5.74, 6) is -0.0192. The number of carbonyl (C=O) groups excluding carboxylic acids is 1. The molecule has 2 aromatic carbocycles. The van der Waals surface area contributed by atoms with Gasteiger partial charge in [0.1, 0.15) is 0 Å². The minimum Gasteiger partial charge on any atom is -0.493 e. The van der Waals surface area contributed by atoms with Crippen molar-refractivity contribution in [2.45, 2.75) is 0 Å². The second-order valence-electron chi connectivity index (χ2n) is 4.17. The van der Waals surface area contributed by atoms with Crippen molar-refractivity contribution in [3.8, 4) is 5.75 Å². The lowest BCUT2D eigenvalue weighted by atomic mass is 10.1. The molecule has 0 fully saturated rings. The van der Waals surface area contributed by atoms with Crippen molar-refractivity contribution in [2.24, 2.45) is 0 Å². The molecule has 0 aliphatic rings. The Morgan fingerprint density at radius 2 is 1.80 bits per heavy atom. The van der Waals surface area contributed by atoms with Crippen molar-refractivity contribution < 1.29 is 9.53 Å². The molecule has 0 saturated carbocycles. The van der Waals surface area contributed by atoms with Gasteiger partial charge in [-0.25, -0.2) is 0 Å². The summed E-state index contributed by atoms with van der Waals surface area (Å²) in [5, 5.41) is 0. The molecular weight excluding hydrogens is 252 g/mol. The van der Waals surface area contributed by atoms with Gasteiger partial charge in [0.2, 0.25) is 5.43 Å². The van der Waals surface area contributed by atoms with Gasteiger partial charge in [-0.1, -0.05) is 48.5 Å². The molecule has 0 aliphatic heterocycles. The highest BCUT2D eigenvalue weighted by atomic mass is 16.5. The van der Waals surface area contributed by atoms with Gasteiger partial charge in [-0.3, -0.25) is 9.59 Å². The van der Waals surface area contributed by atoms with Crippen LogP contribution in [0.2, 0.25) is 0 Å². The lowest BCUT2D eigenvalue weighted by Crippen LogP contribution is -2.00. The van der Waals surface area contributed by atoms with E-state index in [-0.39, 0.29) is 17.0 Å². The Morgan fingerprint density at radius 3 is 2.50 bits per heavy atom. The minimum atomic E-state index is -0.251. The first-order valence-corrected chi connectivity index (χ1v) is 6.16. The minimum absolute atomic E-state index is 0.159. The van der Waals surface area contributed by atoms with Crippen LogP contribution in [0.15, 0.2) is 65.5 Å². The Kier molecular flexibility index (Phi) is 4.45. The van der Waals surface area contributed by atoms with Gasteiger partial charge in [-0.15, -0.1) is 0 Å². The molecule has 100 valence electrons. The molecule has 2 rings (SSSR count). The fourth-order valence-electron chi connectivity index (χ4n) is 1.73. The highest BCUT2D eigenvalue weighted by Crippen LogP contribution is 2.09. The van der Waals surface area contributed by atoms with Crippen molar-refractivity contribution in [3.63, 3.8) is 0 Å². The summed E-state index contributed by atoms with van der Waals surface area (Å²) in [7, 11) is 1.41. The van der Waals surface area contributed by atoms with E-state index in [0.29, 0.717) is 5.56 Å². The van der Waals surface area contributed by atoms with Gasteiger partial charge in [0.05, 0.1) is 7.11 Å². The van der Waals surface area contributed by atoms with Crippen LogP contribution >= 0.6 is 0 Å². The number of rotatable bonds is 4. The summed E-state index contributed by atoms with van der Waals surface area (Å²) in [6.07, 6.45) is 3.22. The van der Waals surface area contributed by atoms with E-state index in [4.69, 9.17) is 4.74 Å². The first-order chi connectivity index (χ1) is 9.70. The third kappa shape index (κ3) is 3.42. The zero-order valence-electron chi connectivity index (χ0n) is 11.1. The Balaban J connectivity index is 2.29. The van der Waals surface area contributed by atoms with Crippen molar-refractivity contribution in [2.75, 3.05) is 7.11 Å². The van der Waals surface area contributed by atoms with Gasteiger partial charge in [0.15, 0.2) is 11.5 Å². The van der Waals surface area contributed by atoms with E-state index in [2.05, 4.69) is 0 Å². The van der Waals surface area contributed by atoms with Gasteiger partial charge in [-0.05, 0) is 23.8 Å². The molecular formula is C17H14O3. The maximum Gasteiger partial charge on any atom is 0.220 e. The summed E-state index contributed by atoms with van der Waals surface area (Å²) < 4.78 is 4.97. The quantitative estimate of drug-likeness (QED) is 0.631. The Labute approximate surface area is 117 Å². The molecule has 0 saturated heterocycles. The van der Waals surface area contributed by atoms with E-state index in [0.717, 1.165) is 5.56 Å². The highest BCUT2D eigenvalue weighted by molar-refractivity contribution is 6.06. The van der Waals surface area contributed by atoms with Crippen LogP contribution in [0.1, 0.15) is 15.9 Å². The summed E-state index contributed by atoms with van der Waals surface area (Å²) in [6, 6.07) is 15.5. The first-order valence-electron chi connectivity index (χ1n) is 6.16. The first kappa shape index (κ1) is 13.7. The number of methoxy groups -OCH3 is 1. The zero-order chi connectivity index (χ0) is 14.4. The molecule has 0 heterocycles. The normalized spacial score (nSPS) is 10.4. The van der Waals surface area contributed by atoms with Gasteiger partial charge < -0.3 is 4.74 Å². The molecule has 0 unspecified atom stereocenters. The van der Waals surface area contributed by atoms with Gasteiger partial charge >= 0.3 is 0 Å². The second-order valence-corrected chi connectivity index (χ2v) is 4.17. The maximum absolute atomic E-state index is 12.1. The highest BCUT2D eigenvalue weighted by Gasteiger charge is 2.04. The molecule has 2 aromatic rings. The van der Waals surface area contributed by atoms with Crippen LogP contribution in [-0.2, 0) is 0 Å².